The SMILES string of the molecule is COc1ccc(CNC(=O)CN[C@H](C)c2ccc(OC)c(Br)c2)cc1. The van der Waals surface area contributed by atoms with Crippen LogP contribution < -0.4 is 20.1 Å². The molecule has 2 rings (SSSR count). The van der Waals surface area contributed by atoms with Gasteiger partial charge in [-0.1, -0.05) is 18.2 Å². The lowest BCUT2D eigenvalue weighted by atomic mass is 10.1. The Morgan fingerprint density at radius 1 is 1.12 bits per heavy atom. The van der Waals surface area contributed by atoms with Crippen molar-refractivity contribution in [3.63, 3.8) is 0 Å². The molecule has 1 atom stereocenters. The number of hydrogen-bond donors (Lipinski definition) is 2. The highest BCUT2D eigenvalue weighted by molar-refractivity contribution is 9.10. The lowest BCUT2D eigenvalue weighted by Crippen LogP contribution is -2.34. The van der Waals surface area contributed by atoms with Gasteiger partial charge in [0.25, 0.3) is 0 Å². The fraction of sp³-hybridized carbons (Fsp3) is 0.316. The summed E-state index contributed by atoms with van der Waals surface area (Å²) in [6.45, 7) is 2.76. The third-order valence-corrected chi connectivity index (χ3v) is 4.51. The Labute approximate surface area is 156 Å². The van der Waals surface area contributed by atoms with E-state index >= 15 is 0 Å². The number of carbonyl (C=O) groups is 1. The largest absolute Gasteiger partial charge is 0.497 e. The second kappa shape index (κ2) is 9.44. The minimum Gasteiger partial charge on any atom is -0.497 e. The molecule has 0 unspecified atom stereocenters. The number of carbonyl (C=O) groups excluding carboxylic acids is 1. The fourth-order valence-electron chi connectivity index (χ4n) is 2.32. The number of ether oxygens (including phenoxy) is 2. The normalized spacial score (nSPS) is 11.7. The number of halogens is 1. The predicted octanol–water partition coefficient (Wildman–Crippen LogP) is 3.43. The van der Waals surface area contributed by atoms with Crippen LogP contribution >= 0.6 is 15.9 Å². The van der Waals surface area contributed by atoms with Crippen LogP contribution in [0.15, 0.2) is 46.9 Å². The number of hydrogen-bond acceptors (Lipinski definition) is 4. The highest BCUT2D eigenvalue weighted by Crippen LogP contribution is 2.27. The molecular weight excluding hydrogens is 384 g/mol. The van der Waals surface area contributed by atoms with E-state index in [1.165, 1.54) is 0 Å². The molecular formula is C19H23BrN2O3. The van der Waals surface area contributed by atoms with Crippen LogP contribution in [0, 0.1) is 0 Å². The Hall–Kier alpha value is -2.05. The van der Waals surface area contributed by atoms with E-state index in [4.69, 9.17) is 9.47 Å². The predicted molar refractivity (Wildman–Crippen MR) is 102 cm³/mol. The van der Waals surface area contributed by atoms with Crippen LogP contribution in [0.1, 0.15) is 24.1 Å². The van der Waals surface area contributed by atoms with Gasteiger partial charge in [0, 0.05) is 12.6 Å². The molecule has 0 spiro atoms. The molecule has 0 radical (unpaired) electrons. The van der Waals surface area contributed by atoms with E-state index < -0.39 is 0 Å². The molecule has 2 aromatic rings. The van der Waals surface area contributed by atoms with Crippen molar-refractivity contribution in [3.05, 3.63) is 58.1 Å². The molecule has 0 heterocycles. The van der Waals surface area contributed by atoms with Gasteiger partial charge in [0.1, 0.15) is 11.5 Å². The molecule has 6 heteroatoms. The minimum absolute atomic E-state index is 0.0461. The van der Waals surface area contributed by atoms with Crippen molar-refractivity contribution in [1.29, 1.82) is 0 Å². The summed E-state index contributed by atoms with van der Waals surface area (Å²) in [5.74, 6) is 1.54. The van der Waals surface area contributed by atoms with Gasteiger partial charge >= 0.3 is 0 Å². The first kappa shape index (κ1) is 19.3. The van der Waals surface area contributed by atoms with E-state index in [1.807, 2.05) is 49.4 Å². The van der Waals surface area contributed by atoms with Gasteiger partial charge in [0.2, 0.25) is 5.91 Å². The van der Waals surface area contributed by atoms with Gasteiger partial charge < -0.3 is 20.1 Å². The highest BCUT2D eigenvalue weighted by Gasteiger charge is 2.10. The van der Waals surface area contributed by atoms with Crippen LogP contribution in [0.25, 0.3) is 0 Å². The van der Waals surface area contributed by atoms with Crippen molar-refractivity contribution in [1.82, 2.24) is 10.6 Å². The Bertz CT molecular complexity index is 704. The van der Waals surface area contributed by atoms with Gasteiger partial charge in [-0.3, -0.25) is 4.79 Å². The third kappa shape index (κ3) is 5.76. The maximum absolute atomic E-state index is 12.0. The molecule has 0 aliphatic carbocycles. The summed E-state index contributed by atoms with van der Waals surface area (Å²) < 4.78 is 11.2. The van der Waals surface area contributed by atoms with Crippen LogP contribution in [-0.2, 0) is 11.3 Å². The molecule has 134 valence electrons. The average Bonchev–Trinajstić information content (AvgIpc) is 2.64. The monoisotopic (exact) mass is 406 g/mol. The van der Waals surface area contributed by atoms with Crippen molar-refractivity contribution in [2.24, 2.45) is 0 Å². The molecule has 2 aromatic carbocycles. The van der Waals surface area contributed by atoms with E-state index in [2.05, 4.69) is 26.6 Å². The van der Waals surface area contributed by atoms with Crippen LogP contribution in [-0.4, -0.2) is 26.7 Å². The Kier molecular flexibility index (Phi) is 7.28. The van der Waals surface area contributed by atoms with Gasteiger partial charge in [0.15, 0.2) is 0 Å². The summed E-state index contributed by atoms with van der Waals surface area (Å²) in [6, 6.07) is 13.6. The molecule has 0 saturated carbocycles. The molecule has 0 bridgehead atoms. The summed E-state index contributed by atoms with van der Waals surface area (Å²) in [5, 5.41) is 6.13. The Morgan fingerprint density at radius 3 is 2.44 bits per heavy atom. The minimum atomic E-state index is -0.0461. The number of methoxy groups -OCH3 is 2. The molecule has 2 N–H and O–H groups in total. The zero-order valence-electron chi connectivity index (χ0n) is 14.6. The number of benzene rings is 2. The average molecular weight is 407 g/mol. The summed E-state index contributed by atoms with van der Waals surface area (Å²) in [4.78, 5) is 12.0. The third-order valence-electron chi connectivity index (χ3n) is 3.89. The Balaban J connectivity index is 1.79. The van der Waals surface area contributed by atoms with Crippen molar-refractivity contribution in [2.45, 2.75) is 19.5 Å². The molecule has 0 fully saturated rings. The fourth-order valence-corrected chi connectivity index (χ4v) is 2.88. The van der Waals surface area contributed by atoms with Crippen LogP contribution in [0.4, 0.5) is 0 Å². The highest BCUT2D eigenvalue weighted by atomic mass is 79.9. The van der Waals surface area contributed by atoms with Crippen molar-refractivity contribution in [3.8, 4) is 11.5 Å². The molecule has 1 amide bonds. The van der Waals surface area contributed by atoms with E-state index in [1.54, 1.807) is 14.2 Å². The van der Waals surface area contributed by atoms with Crippen molar-refractivity contribution >= 4 is 21.8 Å². The number of nitrogens with one attached hydrogen (secondary N) is 2. The van der Waals surface area contributed by atoms with Crippen molar-refractivity contribution < 1.29 is 14.3 Å². The van der Waals surface area contributed by atoms with E-state index in [-0.39, 0.29) is 18.5 Å². The standard InChI is InChI=1S/C19H23BrN2O3/c1-13(15-6-9-18(25-3)17(20)10-15)21-12-19(23)22-11-14-4-7-16(24-2)8-5-14/h4-10,13,21H,11-12H2,1-3H3,(H,22,23)/t13-/m1/s1. The summed E-state index contributed by atoms with van der Waals surface area (Å²) in [6.07, 6.45) is 0. The molecule has 5 nitrogen and oxygen atoms in total. The van der Waals surface area contributed by atoms with Crippen molar-refractivity contribution in [2.75, 3.05) is 20.8 Å². The van der Waals surface area contributed by atoms with Gasteiger partial charge in [-0.05, 0) is 58.2 Å². The summed E-state index contributed by atoms with van der Waals surface area (Å²) in [7, 11) is 3.26. The first-order chi connectivity index (χ1) is 12.0. The van der Waals surface area contributed by atoms with Crippen LogP contribution in [0.3, 0.4) is 0 Å². The smallest absolute Gasteiger partial charge is 0.234 e. The maximum Gasteiger partial charge on any atom is 0.234 e. The van der Waals surface area contributed by atoms with Crippen LogP contribution in [0.5, 0.6) is 11.5 Å². The molecule has 25 heavy (non-hydrogen) atoms. The van der Waals surface area contributed by atoms with E-state index in [0.717, 1.165) is 27.1 Å². The lowest BCUT2D eigenvalue weighted by molar-refractivity contribution is -0.120. The summed E-state index contributed by atoms with van der Waals surface area (Å²) in [5.41, 5.74) is 2.11. The molecule has 0 saturated heterocycles. The van der Waals surface area contributed by atoms with E-state index in [9.17, 15) is 4.79 Å². The lowest BCUT2D eigenvalue weighted by Gasteiger charge is -2.15. The molecule has 0 aromatic heterocycles. The van der Waals surface area contributed by atoms with Gasteiger partial charge in [0.05, 0.1) is 25.2 Å². The topological polar surface area (TPSA) is 59.6 Å². The van der Waals surface area contributed by atoms with Gasteiger partial charge in [-0.15, -0.1) is 0 Å². The maximum atomic E-state index is 12.0. The van der Waals surface area contributed by atoms with Gasteiger partial charge in [-0.2, -0.15) is 0 Å². The second-order valence-electron chi connectivity index (χ2n) is 5.62. The zero-order valence-corrected chi connectivity index (χ0v) is 16.2. The Morgan fingerprint density at radius 2 is 1.84 bits per heavy atom. The quantitative estimate of drug-likeness (QED) is 0.704. The van der Waals surface area contributed by atoms with Crippen LogP contribution in [0.2, 0.25) is 0 Å². The van der Waals surface area contributed by atoms with Gasteiger partial charge in [-0.25, -0.2) is 0 Å². The molecule has 0 aliphatic rings. The molecule has 0 aliphatic heterocycles. The van der Waals surface area contributed by atoms with E-state index in [0.29, 0.717) is 6.54 Å². The second-order valence-corrected chi connectivity index (χ2v) is 6.48. The summed E-state index contributed by atoms with van der Waals surface area (Å²) >= 11 is 3.48. The zero-order chi connectivity index (χ0) is 18.2. The number of amides is 1. The first-order valence-corrected chi connectivity index (χ1v) is 8.79. The number of rotatable bonds is 8. The first-order valence-electron chi connectivity index (χ1n) is 8.00.